The number of carbonyl (C=O) groups is 2. The van der Waals surface area contributed by atoms with Crippen LogP contribution in [0.15, 0.2) is 12.7 Å². The topological polar surface area (TPSA) is 288 Å². The van der Waals surface area contributed by atoms with E-state index in [1.165, 1.54) is 10.9 Å². The maximum atomic E-state index is 12.4. The normalized spacial score (nSPS) is 36.9. The van der Waals surface area contributed by atoms with Crippen molar-refractivity contribution in [2.24, 2.45) is 0 Å². The third-order valence-corrected chi connectivity index (χ3v) is 7.42. The molecule has 3 aliphatic rings. The van der Waals surface area contributed by atoms with Crippen LogP contribution >= 0.6 is 7.82 Å². The summed E-state index contributed by atoms with van der Waals surface area (Å²) >= 11 is 0. The molecule has 9 unspecified atom stereocenters. The zero-order valence-electron chi connectivity index (χ0n) is 19.9. The van der Waals surface area contributed by atoms with Crippen LogP contribution in [0.5, 0.6) is 0 Å². The lowest BCUT2D eigenvalue weighted by molar-refractivity contribution is -0.234. The molecule has 5 rings (SSSR count). The van der Waals surface area contributed by atoms with Gasteiger partial charge in [0.15, 0.2) is 23.9 Å². The number of phosphoric acid groups is 1. The fourth-order valence-electron chi connectivity index (χ4n) is 5.09. The van der Waals surface area contributed by atoms with E-state index in [2.05, 4.69) is 19.5 Å². The highest BCUT2D eigenvalue weighted by atomic mass is 31.2. The molecule has 8 N–H and O–H groups in total. The van der Waals surface area contributed by atoms with Gasteiger partial charge in [-0.05, 0) is 0 Å². The summed E-state index contributed by atoms with van der Waals surface area (Å²) in [6.45, 7) is -1.28. The van der Waals surface area contributed by atoms with Gasteiger partial charge in [0.25, 0.3) is 7.82 Å². The molecule has 0 spiro atoms. The van der Waals surface area contributed by atoms with Crippen LogP contribution in [-0.4, -0.2) is 117 Å². The van der Waals surface area contributed by atoms with Gasteiger partial charge in [-0.2, -0.15) is 0 Å². The van der Waals surface area contributed by atoms with E-state index >= 15 is 0 Å². The number of fused-ring (bicyclic) bond motifs is 1. The Hall–Kier alpha value is -2.84. The number of nitrogens with one attached hydrogen (secondary N) is 1. The molecule has 19 nitrogen and oxygen atoms in total. The number of aliphatic hydroxyl groups is 4. The molecule has 0 aliphatic carbocycles. The molecule has 3 aliphatic heterocycles. The predicted octanol–water partition coefficient (Wildman–Crippen LogP) is -4.35. The van der Waals surface area contributed by atoms with Crippen LogP contribution < -0.4 is 15.9 Å². The molecular weight excluding hydrogens is 549 g/mol. The zero-order chi connectivity index (χ0) is 28.3. The van der Waals surface area contributed by atoms with Crippen LogP contribution in [0, 0.1) is 0 Å². The summed E-state index contributed by atoms with van der Waals surface area (Å²) in [7, 11) is -5.56. The molecule has 2 aromatic rings. The molecule has 214 valence electrons. The molecule has 3 fully saturated rings. The largest absolute Gasteiger partial charge is 0.756 e. The van der Waals surface area contributed by atoms with Crippen molar-refractivity contribution in [2.75, 3.05) is 18.9 Å². The SMILES string of the molecule is Nc1ncnc2c1ncn2C1OC(CC2(CO)OC(N3CCC(=O)NC3=O)C(O)C2OP(=O)([O-])O)C(O)C1O. The van der Waals surface area contributed by atoms with E-state index in [0.29, 0.717) is 0 Å². The Morgan fingerprint density at radius 2 is 1.95 bits per heavy atom. The van der Waals surface area contributed by atoms with Gasteiger partial charge in [-0.3, -0.25) is 24.1 Å². The molecule has 3 amide bonds. The second-order valence-electron chi connectivity index (χ2n) is 9.35. The van der Waals surface area contributed by atoms with E-state index in [9.17, 15) is 44.4 Å². The van der Waals surface area contributed by atoms with Crippen LogP contribution in [0.1, 0.15) is 19.1 Å². The van der Waals surface area contributed by atoms with Crippen LogP contribution in [0.4, 0.5) is 10.6 Å². The van der Waals surface area contributed by atoms with E-state index in [4.69, 9.17) is 15.2 Å². The summed E-state index contributed by atoms with van der Waals surface area (Å²) in [6.07, 6.45) is -9.88. The second kappa shape index (κ2) is 9.97. The Kier molecular flexibility index (Phi) is 7.08. The van der Waals surface area contributed by atoms with Gasteiger partial charge < -0.3 is 49.9 Å². The number of imide groups is 1. The highest BCUT2D eigenvalue weighted by Gasteiger charge is 2.61. The maximum absolute atomic E-state index is 12.4. The first kappa shape index (κ1) is 27.7. The number of phosphoric ester groups is 1. The molecule has 39 heavy (non-hydrogen) atoms. The minimum atomic E-state index is -5.56. The molecule has 2 aromatic heterocycles. The van der Waals surface area contributed by atoms with Crippen LogP contribution in [0.2, 0.25) is 0 Å². The average Bonchev–Trinajstić information content (AvgIpc) is 3.49. The van der Waals surface area contributed by atoms with Gasteiger partial charge in [0.1, 0.15) is 41.9 Å². The molecule has 0 saturated carbocycles. The Bertz CT molecular complexity index is 1320. The number of anilines is 1. The number of ether oxygens (including phenoxy) is 2. The molecule has 0 bridgehead atoms. The molecule has 0 radical (unpaired) electrons. The van der Waals surface area contributed by atoms with E-state index in [1.807, 2.05) is 5.32 Å². The van der Waals surface area contributed by atoms with Crippen LogP contribution in [0.25, 0.3) is 11.2 Å². The lowest BCUT2D eigenvalue weighted by Crippen LogP contribution is -2.56. The Morgan fingerprint density at radius 1 is 1.21 bits per heavy atom. The smallest absolute Gasteiger partial charge is 0.326 e. The number of hydrogen-bond donors (Lipinski definition) is 7. The summed E-state index contributed by atoms with van der Waals surface area (Å²) < 4.78 is 29.3. The fraction of sp³-hybridized carbons (Fsp3) is 0.632. The molecule has 20 heteroatoms. The second-order valence-corrected chi connectivity index (χ2v) is 10.5. The number of hydrogen-bond acceptors (Lipinski definition) is 15. The highest BCUT2D eigenvalue weighted by Crippen LogP contribution is 2.47. The molecule has 0 aromatic carbocycles. The maximum Gasteiger partial charge on any atom is 0.326 e. The van der Waals surface area contributed by atoms with Gasteiger partial charge >= 0.3 is 6.03 Å². The summed E-state index contributed by atoms with van der Waals surface area (Å²) in [6, 6.07) is -0.960. The summed E-state index contributed by atoms with van der Waals surface area (Å²) in [5.74, 6) is -0.539. The number of nitrogens with zero attached hydrogens (tertiary/aromatic N) is 5. The first-order chi connectivity index (χ1) is 18.3. The quantitative estimate of drug-likeness (QED) is 0.154. The van der Waals surface area contributed by atoms with Gasteiger partial charge in [-0.15, -0.1) is 0 Å². The standard InChI is InChI=1S/C19H26N7O12P/c20-14-9-15(22-5-21-14)26(6-23-9)16-11(30)10(29)7(36-16)3-19(4-27)13(38-39(33,34)35)12(31)17(37-19)25-2-1-8(28)24-18(25)32/h5-7,10-13,16-17,27,29-31H,1-4H2,(H2,20,21,22)(H,24,28,32)(H2,33,34,35)/p-1. The minimum Gasteiger partial charge on any atom is -0.756 e. The Morgan fingerprint density at radius 3 is 2.62 bits per heavy atom. The molecule has 5 heterocycles. The molecule has 3 saturated heterocycles. The number of imidazole rings is 1. The van der Waals surface area contributed by atoms with Gasteiger partial charge in [-0.1, -0.05) is 0 Å². The molecule has 9 atom stereocenters. The summed E-state index contributed by atoms with van der Waals surface area (Å²) in [5.41, 5.74) is 3.96. The van der Waals surface area contributed by atoms with Crippen molar-refractivity contribution in [1.82, 2.24) is 29.7 Å². The first-order valence-corrected chi connectivity index (χ1v) is 13.1. The van der Waals surface area contributed by atoms with Crippen LogP contribution in [0.3, 0.4) is 0 Å². The van der Waals surface area contributed by atoms with Crippen LogP contribution in [-0.2, 0) is 23.4 Å². The van der Waals surface area contributed by atoms with Gasteiger partial charge in [-0.25, -0.2) is 19.7 Å². The van der Waals surface area contributed by atoms with Crippen molar-refractivity contribution in [3.8, 4) is 0 Å². The van der Waals surface area contributed by atoms with Crippen molar-refractivity contribution in [3.05, 3.63) is 12.7 Å². The highest BCUT2D eigenvalue weighted by molar-refractivity contribution is 7.44. The number of carbonyl (C=O) groups excluding carboxylic acids is 2. The number of amides is 3. The number of nitrogen functional groups attached to an aromatic ring is 1. The van der Waals surface area contributed by atoms with Gasteiger partial charge in [0.05, 0.1) is 19.0 Å². The van der Waals surface area contributed by atoms with Crippen molar-refractivity contribution in [3.63, 3.8) is 0 Å². The van der Waals surface area contributed by atoms with E-state index in [1.54, 1.807) is 0 Å². The van der Waals surface area contributed by atoms with E-state index in [0.717, 1.165) is 11.2 Å². The number of urea groups is 1. The van der Waals surface area contributed by atoms with Crippen molar-refractivity contribution in [2.45, 2.75) is 61.4 Å². The first-order valence-electron chi connectivity index (χ1n) is 11.6. The summed E-state index contributed by atoms with van der Waals surface area (Å²) in [5, 5.41) is 44.9. The minimum absolute atomic E-state index is 0.0523. The lowest BCUT2D eigenvalue weighted by Gasteiger charge is -2.37. The monoisotopic (exact) mass is 574 g/mol. The van der Waals surface area contributed by atoms with Crippen molar-refractivity contribution >= 4 is 36.7 Å². The zero-order valence-corrected chi connectivity index (χ0v) is 20.8. The van der Waals surface area contributed by atoms with Gasteiger partial charge in [0, 0.05) is 19.4 Å². The predicted molar refractivity (Wildman–Crippen MR) is 121 cm³/mol. The Balaban J connectivity index is 1.44. The third-order valence-electron chi connectivity index (χ3n) is 6.93. The lowest BCUT2D eigenvalue weighted by atomic mass is 9.88. The number of aliphatic hydroxyl groups excluding tert-OH is 4. The van der Waals surface area contributed by atoms with Crippen molar-refractivity contribution < 1.29 is 58.4 Å². The van der Waals surface area contributed by atoms with Gasteiger partial charge in [0.2, 0.25) is 5.91 Å². The fourth-order valence-corrected chi connectivity index (χ4v) is 5.69. The van der Waals surface area contributed by atoms with E-state index < -0.39 is 81.4 Å². The van der Waals surface area contributed by atoms with Crippen molar-refractivity contribution in [1.29, 1.82) is 0 Å². The number of rotatable bonds is 7. The summed E-state index contributed by atoms with van der Waals surface area (Å²) in [4.78, 5) is 57.8. The van der Waals surface area contributed by atoms with E-state index in [-0.39, 0.29) is 29.9 Å². The number of aromatic nitrogens is 4. The third kappa shape index (κ3) is 4.86. The number of nitrogens with two attached hydrogens (primary N) is 1. The average molecular weight is 574 g/mol. The Labute approximate surface area is 218 Å². The molecular formula is C19H25N7O12P-.